The molecule has 4 nitrogen and oxygen atoms in total. The van der Waals surface area contributed by atoms with Gasteiger partial charge in [-0.2, -0.15) is 0 Å². The summed E-state index contributed by atoms with van der Waals surface area (Å²) >= 11 is 3.05. The largest absolute Gasteiger partial charge is 0.247 e. The van der Waals surface area contributed by atoms with Crippen LogP contribution in [-0.4, -0.2) is 26.2 Å². The molecule has 1 aromatic heterocycles. The molecule has 0 aliphatic rings. The van der Waals surface area contributed by atoms with Crippen LogP contribution in [0.1, 0.15) is 15.6 Å². The minimum atomic E-state index is -3.47. The zero-order valence-corrected chi connectivity index (χ0v) is 14.7. The zero-order chi connectivity index (χ0) is 15.5. The molecule has 0 unspecified atom stereocenters. The number of benzene rings is 1. The van der Waals surface area contributed by atoms with E-state index >= 15 is 0 Å². The molecule has 1 aromatic carbocycles. The van der Waals surface area contributed by atoms with Gasteiger partial charge < -0.3 is 0 Å². The summed E-state index contributed by atoms with van der Waals surface area (Å²) in [5, 5.41) is 1.01. The molecule has 0 amide bonds. The summed E-state index contributed by atoms with van der Waals surface area (Å²) in [5.41, 5.74) is 0.987. The number of nitrogens with zero attached hydrogens (tertiary/aromatic N) is 1. The van der Waals surface area contributed by atoms with E-state index in [0.29, 0.717) is 17.9 Å². The molecular weight excluding hydrogens is 324 g/mol. The molecule has 1 N–H and O–H groups in total. The molecule has 0 fully saturated rings. The Morgan fingerprint density at radius 3 is 2.62 bits per heavy atom. The highest BCUT2D eigenvalue weighted by atomic mass is 32.2. The number of hydrogen-bond acceptors (Lipinski definition) is 5. The summed E-state index contributed by atoms with van der Waals surface area (Å²) in [4.78, 5) is 6.58. The lowest BCUT2D eigenvalue weighted by Crippen LogP contribution is -2.26. The predicted molar refractivity (Wildman–Crippen MR) is 88.7 cm³/mol. The fourth-order valence-corrected chi connectivity index (χ4v) is 5.14. The quantitative estimate of drug-likeness (QED) is 0.820. The lowest BCUT2D eigenvalue weighted by atomic mass is 10.3. The third kappa shape index (κ3) is 4.06. The van der Waals surface area contributed by atoms with Crippen molar-refractivity contribution in [3.63, 3.8) is 0 Å². The molecule has 1 heterocycles. The van der Waals surface area contributed by atoms with Gasteiger partial charge in [-0.1, -0.05) is 12.1 Å². The van der Waals surface area contributed by atoms with Gasteiger partial charge in [0.05, 0.1) is 15.6 Å². The molecule has 2 aromatic rings. The Bertz CT molecular complexity index is 724. The lowest BCUT2D eigenvalue weighted by Gasteiger charge is -2.09. The van der Waals surface area contributed by atoms with E-state index in [1.165, 1.54) is 11.8 Å². The number of nitrogens with one attached hydrogen (secondary N) is 1. The van der Waals surface area contributed by atoms with Gasteiger partial charge >= 0.3 is 0 Å². The van der Waals surface area contributed by atoms with Crippen LogP contribution in [0.3, 0.4) is 0 Å². The first-order chi connectivity index (χ1) is 9.94. The molecule has 0 aliphatic heterocycles. The van der Waals surface area contributed by atoms with Gasteiger partial charge in [-0.05, 0) is 38.7 Å². The number of sulfonamides is 1. The molecule has 21 heavy (non-hydrogen) atoms. The van der Waals surface area contributed by atoms with Crippen molar-refractivity contribution in [2.75, 3.05) is 12.8 Å². The fraction of sp³-hybridized carbons (Fsp3) is 0.357. The number of thiazole rings is 1. The van der Waals surface area contributed by atoms with Crippen LogP contribution in [0.25, 0.3) is 0 Å². The third-order valence-electron chi connectivity index (χ3n) is 3.00. The molecule has 0 radical (unpaired) electrons. The Morgan fingerprint density at radius 2 is 2.00 bits per heavy atom. The van der Waals surface area contributed by atoms with Crippen LogP contribution < -0.4 is 4.72 Å². The highest BCUT2D eigenvalue weighted by Gasteiger charge is 2.17. The van der Waals surface area contributed by atoms with Gasteiger partial charge in [-0.3, -0.25) is 0 Å². The van der Waals surface area contributed by atoms with Crippen molar-refractivity contribution in [3.8, 4) is 0 Å². The molecule has 0 aliphatic carbocycles. The van der Waals surface area contributed by atoms with Gasteiger partial charge in [0.2, 0.25) is 10.0 Å². The molecule has 0 atom stereocenters. The molecule has 0 saturated heterocycles. The first-order valence-corrected chi connectivity index (χ1v) is 10.0. The van der Waals surface area contributed by atoms with Crippen molar-refractivity contribution in [2.45, 2.75) is 30.1 Å². The van der Waals surface area contributed by atoms with Crippen LogP contribution in [0.4, 0.5) is 0 Å². The number of hydrogen-bond donors (Lipinski definition) is 1. The Labute approximate surface area is 134 Å². The molecule has 2 rings (SSSR count). The Hall–Kier alpha value is -0.890. The van der Waals surface area contributed by atoms with E-state index in [-0.39, 0.29) is 0 Å². The lowest BCUT2D eigenvalue weighted by molar-refractivity contribution is 0.579. The summed E-state index contributed by atoms with van der Waals surface area (Å²) in [6.07, 6.45) is 2.54. The van der Waals surface area contributed by atoms with E-state index in [2.05, 4.69) is 9.71 Å². The van der Waals surface area contributed by atoms with Crippen LogP contribution in [0.5, 0.6) is 0 Å². The summed E-state index contributed by atoms with van der Waals surface area (Å²) in [7, 11) is -3.47. The second-order valence-electron chi connectivity index (χ2n) is 4.54. The van der Waals surface area contributed by atoms with Gasteiger partial charge in [0.25, 0.3) is 0 Å². The predicted octanol–water partition coefficient (Wildman–Crippen LogP) is 3.00. The summed E-state index contributed by atoms with van der Waals surface area (Å²) < 4.78 is 27.4. The average molecular weight is 343 g/mol. The van der Waals surface area contributed by atoms with Gasteiger partial charge in [-0.25, -0.2) is 18.1 Å². The molecule has 0 spiro atoms. The average Bonchev–Trinajstić information content (AvgIpc) is 2.77. The minimum Gasteiger partial charge on any atom is -0.247 e. The molecule has 0 bridgehead atoms. The summed E-state index contributed by atoms with van der Waals surface area (Å²) in [6.45, 7) is 4.30. The number of thioether (sulfide) groups is 1. The number of aryl methyl sites for hydroxylation is 2. The Morgan fingerprint density at radius 1 is 1.29 bits per heavy atom. The maximum Gasteiger partial charge on any atom is 0.241 e. The molecule has 0 saturated carbocycles. The monoisotopic (exact) mass is 342 g/mol. The van der Waals surface area contributed by atoms with E-state index in [4.69, 9.17) is 0 Å². The van der Waals surface area contributed by atoms with Crippen LogP contribution in [0.15, 0.2) is 34.1 Å². The normalized spacial score (nSPS) is 11.8. The van der Waals surface area contributed by atoms with E-state index in [0.717, 1.165) is 20.5 Å². The van der Waals surface area contributed by atoms with Crippen LogP contribution in [0.2, 0.25) is 0 Å². The summed E-state index contributed by atoms with van der Waals surface area (Å²) in [5.74, 6) is 0. The molecular formula is C14H18N2O2S3. The standard InChI is InChI=1S/C14H18N2O2S3/c1-10-12(20-11(2)16-10)8-9-15-21(17,18)14-7-5-4-6-13(14)19-3/h4-7,15H,8-9H2,1-3H3. The van der Waals surface area contributed by atoms with Crippen molar-refractivity contribution in [2.24, 2.45) is 0 Å². The first kappa shape index (κ1) is 16.5. The van der Waals surface area contributed by atoms with E-state index in [1.54, 1.807) is 23.5 Å². The van der Waals surface area contributed by atoms with Crippen LogP contribution in [0, 0.1) is 13.8 Å². The topological polar surface area (TPSA) is 59.1 Å². The van der Waals surface area contributed by atoms with Crippen LogP contribution >= 0.6 is 23.1 Å². The van der Waals surface area contributed by atoms with Crippen molar-refractivity contribution in [1.29, 1.82) is 0 Å². The van der Waals surface area contributed by atoms with Gasteiger partial charge in [0.15, 0.2) is 0 Å². The second kappa shape index (κ2) is 6.91. The minimum absolute atomic E-state index is 0.342. The van der Waals surface area contributed by atoms with Crippen LogP contribution in [-0.2, 0) is 16.4 Å². The van der Waals surface area contributed by atoms with Crippen molar-refractivity contribution >= 4 is 33.1 Å². The van der Waals surface area contributed by atoms with Gasteiger partial charge in [0, 0.05) is 16.3 Å². The summed E-state index contributed by atoms with van der Waals surface area (Å²) in [6, 6.07) is 7.03. The number of rotatable bonds is 6. The van der Waals surface area contributed by atoms with E-state index in [1.807, 2.05) is 32.2 Å². The van der Waals surface area contributed by atoms with Crippen molar-refractivity contribution < 1.29 is 8.42 Å². The Balaban J connectivity index is 2.06. The second-order valence-corrected chi connectivity index (χ2v) is 8.41. The third-order valence-corrected chi connectivity index (χ3v) is 6.58. The van der Waals surface area contributed by atoms with Crippen molar-refractivity contribution in [1.82, 2.24) is 9.71 Å². The SMILES string of the molecule is CSc1ccccc1S(=O)(=O)NCCc1sc(C)nc1C. The highest BCUT2D eigenvalue weighted by Crippen LogP contribution is 2.24. The number of aromatic nitrogens is 1. The first-order valence-electron chi connectivity index (χ1n) is 6.49. The zero-order valence-electron chi connectivity index (χ0n) is 12.2. The molecule has 114 valence electrons. The van der Waals surface area contributed by atoms with E-state index in [9.17, 15) is 8.42 Å². The highest BCUT2D eigenvalue weighted by molar-refractivity contribution is 7.99. The maximum atomic E-state index is 12.4. The maximum absolute atomic E-state index is 12.4. The fourth-order valence-electron chi connectivity index (χ4n) is 2.02. The molecule has 7 heteroatoms. The van der Waals surface area contributed by atoms with E-state index < -0.39 is 10.0 Å². The van der Waals surface area contributed by atoms with Crippen molar-refractivity contribution in [3.05, 3.63) is 39.8 Å². The van der Waals surface area contributed by atoms with Gasteiger partial charge in [-0.15, -0.1) is 23.1 Å². The van der Waals surface area contributed by atoms with Gasteiger partial charge in [0.1, 0.15) is 0 Å². The Kier molecular flexibility index (Phi) is 5.43. The smallest absolute Gasteiger partial charge is 0.241 e.